The van der Waals surface area contributed by atoms with Gasteiger partial charge in [0.05, 0.1) is 4.92 Å². The molecule has 1 aromatic rings. The van der Waals surface area contributed by atoms with Gasteiger partial charge in [-0.3, -0.25) is 14.9 Å². The van der Waals surface area contributed by atoms with Crippen LogP contribution < -0.4 is 5.32 Å². The molecule has 0 radical (unpaired) electrons. The van der Waals surface area contributed by atoms with Crippen molar-refractivity contribution in [2.24, 2.45) is 17.8 Å². The lowest BCUT2D eigenvalue weighted by Crippen LogP contribution is -2.15. The summed E-state index contributed by atoms with van der Waals surface area (Å²) in [6.07, 6.45) is 9.00. The summed E-state index contributed by atoms with van der Waals surface area (Å²) in [4.78, 5) is 22.5. The Morgan fingerprint density at radius 1 is 1.24 bits per heavy atom. The van der Waals surface area contributed by atoms with E-state index in [-0.39, 0.29) is 17.5 Å². The molecule has 0 bridgehead atoms. The maximum atomic E-state index is 12.3. The van der Waals surface area contributed by atoms with Crippen molar-refractivity contribution in [2.45, 2.75) is 25.7 Å². The average molecular weight is 286 g/mol. The number of carbonyl (C=O) groups excluding carboxylic acids is 1. The monoisotopic (exact) mass is 286 g/mol. The number of carbonyl (C=O) groups is 1. The van der Waals surface area contributed by atoms with Crippen molar-refractivity contribution in [1.82, 2.24) is 0 Å². The van der Waals surface area contributed by atoms with E-state index in [1.54, 1.807) is 12.1 Å². The van der Waals surface area contributed by atoms with Gasteiger partial charge in [-0.2, -0.15) is 0 Å². The Kier molecular flexibility index (Phi) is 3.73. The van der Waals surface area contributed by atoms with Gasteiger partial charge in [-0.25, -0.2) is 0 Å². The summed E-state index contributed by atoms with van der Waals surface area (Å²) in [6.45, 7) is 0. The highest BCUT2D eigenvalue weighted by atomic mass is 16.6. The number of amides is 1. The van der Waals surface area contributed by atoms with E-state index in [9.17, 15) is 14.9 Å². The quantitative estimate of drug-likeness (QED) is 0.525. The van der Waals surface area contributed by atoms with Crippen molar-refractivity contribution in [2.75, 3.05) is 5.32 Å². The van der Waals surface area contributed by atoms with E-state index in [4.69, 9.17) is 0 Å². The Balaban J connectivity index is 1.63. The normalized spacial score (nSPS) is 27.1. The highest BCUT2D eigenvalue weighted by Gasteiger charge is 2.52. The smallest absolute Gasteiger partial charge is 0.269 e. The number of hydrogen-bond donors (Lipinski definition) is 1. The fourth-order valence-electron chi connectivity index (χ4n) is 3.19. The van der Waals surface area contributed by atoms with E-state index >= 15 is 0 Å². The van der Waals surface area contributed by atoms with Gasteiger partial charge < -0.3 is 5.32 Å². The average Bonchev–Trinajstić information content (AvgIpc) is 3.10. The van der Waals surface area contributed by atoms with Crippen LogP contribution >= 0.6 is 0 Å². The molecule has 1 N–H and O–H groups in total. The Hall–Kier alpha value is -2.17. The molecule has 3 unspecified atom stereocenters. The number of fused-ring (bicyclic) bond motifs is 1. The number of rotatable bonds is 3. The minimum Gasteiger partial charge on any atom is -0.326 e. The SMILES string of the molecule is O=C(Nc1ccc([N+](=O)[O-])cc1)C1C2C=CCCCCC21. The Morgan fingerprint density at radius 2 is 2.00 bits per heavy atom. The van der Waals surface area contributed by atoms with Crippen molar-refractivity contribution < 1.29 is 9.72 Å². The molecule has 110 valence electrons. The Morgan fingerprint density at radius 3 is 2.71 bits per heavy atom. The zero-order chi connectivity index (χ0) is 14.8. The third-order valence-corrected chi connectivity index (χ3v) is 4.39. The number of nitro benzene ring substituents is 1. The standard InChI is InChI=1S/C16H18N2O3/c19-16(15-13-5-3-1-2-4-6-14(13)15)17-11-7-9-12(10-8-11)18(20)21/h3,5,7-10,13-15H,1-2,4,6H2,(H,17,19). The minimum atomic E-state index is -0.446. The zero-order valence-electron chi connectivity index (χ0n) is 11.7. The van der Waals surface area contributed by atoms with Gasteiger partial charge in [0.1, 0.15) is 0 Å². The maximum Gasteiger partial charge on any atom is 0.269 e. The first-order valence-corrected chi connectivity index (χ1v) is 7.39. The molecule has 0 spiro atoms. The summed E-state index contributed by atoms with van der Waals surface area (Å²) in [7, 11) is 0. The summed E-state index contributed by atoms with van der Waals surface area (Å²) in [5.74, 6) is 0.947. The number of allylic oxidation sites excluding steroid dienone is 2. The van der Waals surface area contributed by atoms with Crippen LogP contribution in [0, 0.1) is 27.9 Å². The number of nitrogens with one attached hydrogen (secondary N) is 1. The minimum absolute atomic E-state index is 0.0315. The second-order valence-corrected chi connectivity index (χ2v) is 5.77. The van der Waals surface area contributed by atoms with E-state index in [0.717, 1.165) is 12.8 Å². The van der Waals surface area contributed by atoms with Crippen LogP contribution in [0.25, 0.3) is 0 Å². The predicted octanol–water partition coefficient (Wildman–Crippen LogP) is 3.53. The highest BCUT2D eigenvalue weighted by Crippen LogP contribution is 2.51. The third kappa shape index (κ3) is 2.96. The van der Waals surface area contributed by atoms with Crippen molar-refractivity contribution in [3.8, 4) is 0 Å². The van der Waals surface area contributed by atoms with Gasteiger partial charge in [0.25, 0.3) is 5.69 Å². The van der Waals surface area contributed by atoms with Crippen LogP contribution in [-0.4, -0.2) is 10.8 Å². The molecule has 5 nitrogen and oxygen atoms in total. The molecule has 2 aliphatic carbocycles. The number of non-ortho nitro benzene ring substituents is 1. The fraction of sp³-hybridized carbons (Fsp3) is 0.438. The Labute approximate surface area is 123 Å². The van der Waals surface area contributed by atoms with Crippen LogP contribution in [0.1, 0.15) is 25.7 Å². The molecule has 3 rings (SSSR count). The highest BCUT2D eigenvalue weighted by molar-refractivity contribution is 5.95. The summed E-state index contributed by atoms with van der Waals surface area (Å²) in [6, 6.07) is 5.98. The zero-order valence-corrected chi connectivity index (χ0v) is 11.7. The molecule has 1 amide bonds. The van der Waals surface area contributed by atoms with Crippen molar-refractivity contribution >= 4 is 17.3 Å². The van der Waals surface area contributed by atoms with E-state index in [1.165, 1.54) is 25.0 Å². The van der Waals surface area contributed by atoms with Crippen LogP contribution in [-0.2, 0) is 4.79 Å². The molecule has 3 atom stereocenters. The number of anilines is 1. The number of benzene rings is 1. The second kappa shape index (κ2) is 5.68. The van der Waals surface area contributed by atoms with Gasteiger partial charge in [-0.05, 0) is 43.2 Å². The molecule has 1 aromatic carbocycles. The van der Waals surface area contributed by atoms with Gasteiger partial charge in [0, 0.05) is 23.7 Å². The molecule has 5 heteroatoms. The van der Waals surface area contributed by atoms with Crippen LogP contribution in [0.3, 0.4) is 0 Å². The van der Waals surface area contributed by atoms with E-state index in [1.807, 2.05) is 0 Å². The van der Waals surface area contributed by atoms with Crippen LogP contribution in [0.15, 0.2) is 36.4 Å². The molecular weight excluding hydrogens is 268 g/mol. The first-order chi connectivity index (χ1) is 10.2. The topological polar surface area (TPSA) is 72.2 Å². The van der Waals surface area contributed by atoms with Gasteiger partial charge in [-0.15, -0.1) is 0 Å². The first-order valence-electron chi connectivity index (χ1n) is 7.39. The fourth-order valence-corrected chi connectivity index (χ4v) is 3.19. The Bertz CT molecular complexity index is 580. The molecule has 1 saturated carbocycles. The molecule has 2 aliphatic rings. The van der Waals surface area contributed by atoms with Crippen LogP contribution in [0.5, 0.6) is 0 Å². The summed E-state index contributed by atoms with van der Waals surface area (Å²) in [5, 5.41) is 13.5. The third-order valence-electron chi connectivity index (χ3n) is 4.39. The molecule has 0 saturated heterocycles. The number of hydrogen-bond acceptors (Lipinski definition) is 3. The van der Waals surface area contributed by atoms with Crippen LogP contribution in [0.4, 0.5) is 11.4 Å². The largest absolute Gasteiger partial charge is 0.326 e. The summed E-state index contributed by atoms with van der Waals surface area (Å²) < 4.78 is 0. The molecule has 0 aromatic heterocycles. The lowest BCUT2D eigenvalue weighted by atomic mass is 10.1. The van der Waals surface area contributed by atoms with Crippen molar-refractivity contribution in [3.05, 3.63) is 46.5 Å². The molecule has 1 fully saturated rings. The molecular formula is C16H18N2O3. The number of nitro groups is 1. The predicted molar refractivity (Wildman–Crippen MR) is 79.8 cm³/mol. The lowest BCUT2D eigenvalue weighted by Gasteiger charge is -2.04. The summed E-state index contributed by atoms with van der Waals surface area (Å²) in [5.41, 5.74) is 0.651. The molecule has 0 heterocycles. The van der Waals surface area contributed by atoms with Crippen molar-refractivity contribution in [1.29, 1.82) is 0 Å². The molecule has 21 heavy (non-hydrogen) atoms. The van der Waals surface area contributed by atoms with Gasteiger partial charge in [-0.1, -0.05) is 18.6 Å². The lowest BCUT2D eigenvalue weighted by molar-refractivity contribution is -0.384. The number of nitrogens with zero attached hydrogens (tertiary/aromatic N) is 1. The van der Waals surface area contributed by atoms with Crippen molar-refractivity contribution in [3.63, 3.8) is 0 Å². The van der Waals surface area contributed by atoms with E-state index < -0.39 is 4.92 Å². The van der Waals surface area contributed by atoms with Gasteiger partial charge in [0.2, 0.25) is 5.91 Å². The maximum absolute atomic E-state index is 12.3. The van der Waals surface area contributed by atoms with Gasteiger partial charge in [0.15, 0.2) is 0 Å². The van der Waals surface area contributed by atoms with Gasteiger partial charge >= 0.3 is 0 Å². The van der Waals surface area contributed by atoms with Crippen LogP contribution in [0.2, 0.25) is 0 Å². The van der Waals surface area contributed by atoms with E-state index in [2.05, 4.69) is 17.5 Å². The second-order valence-electron chi connectivity index (χ2n) is 5.77. The first kappa shape index (κ1) is 13.8. The molecule has 0 aliphatic heterocycles. The summed E-state index contributed by atoms with van der Waals surface area (Å²) >= 11 is 0. The van der Waals surface area contributed by atoms with E-state index in [0.29, 0.717) is 17.5 Å².